The van der Waals surface area contributed by atoms with Crippen LogP contribution >= 0.6 is 12.6 Å². The molecular formula is C13H16FNO2S. The number of halogens is 1. The molecule has 5 heteroatoms. The molecule has 18 heavy (non-hydrogen) atoms. The van der Waals surface area contributed by atoms with E-state index in [1.165, 1.54) is 12.1 Å². The Hall–Kier alpha value is -1.07. The molecule has 1 aliphatic heterocycles. The molecule has 3 nitrogen and oxygen atoms in total. The van der Waals surface area contributed by atoms with Crippen molar-refractivity contribution in [3.63, 3.8) is 0 Å². The maximum atomic E-state index is 13.0. The smallest absolute Gasteiger partial charge is 0.316 e. The van der Waals surface area contributed by atoms with E-state index >= 15 is 0 Å². The Morgan fingerprint density at radius 2 is 1.94 bits per heavy atom. The number of ether oxygens (including phenoxy) is 1. The van der Waals surface area contributed by atoms with Gasteiger partial charge in [-0.15, -0.1) is 0 Å². The maximum absolute atomic E-state index is 13.0. The van der Waals surface area contributed by atoms with Gasteiger partial charge < -0.3 is 10.1 Å². The van der Waals surface area contributed by atoms with E-state index in [2.05, 4.69) is 17.9 Å². The number of carbonyl (C=O) groups is 1. The molecule has 0 saturated carbocycles. The minimum atomic E-state index is -0.640. The highest BCUT2D eigenvalue weighted by Crippen LogP contribution is 2.35. The van der Waals surface area contributed by atoms with Gasteiger partial charge in [-0.05, 0) is 30.8 Å². The topological polar surface area (TPSA) is 38.3 Å². The lowest BCUT2D eigenvalue weighted by molar-refractivity contribution is -0.160. The summed E-state index contributed by atoms with van der Waals surface area (Å²) in [7, 11) is 0. The summed E-state index contributed by atoms with van der Waals surface area (Å²) < 4.78 is 18.6. The fourth-order valence-corrected chi connectivity index (χ4v) is 2.35. The van der Waals surface area contributed by atoms with Crippen LogP contribution < -0.4 is 5.32 Å². The molecule has 1 heterocycles. The van der Waals surface area contributed by atoms with Gasteiger partial charge in [0.15, 0.2) is 0 Å². The van der Waals surface area contributed by atoms with E-state index in [1.807, 2.05) is 0 Å². The molecule has 1 aromatic carbocycles. The molecule has 0 unspecified atom stereocenters. The zero-order valence-corrected chi connectivity index (χ0v) is 10.9. The van der Waals surface area contributed by atoms with E-state index in [9.17, 15) is 9.18 Å². The average molecular weight is 269 g/mol. The molecule has 0 bridgehead atoms. The molecule has 2 rings (SSSR count). The van der Waals surface area contributed by atoms with Crippen molar-refractivity contribution in [2.24, 2.45) is 0 Å². The van der Waals surface area contributed by atoms with Crippen molar-refractivity contribution in [2.45, 2.75) is 18.4 Å². The van der Waals surface area contributed by atoms with Gasteiger partial charge in [0.1, 0.15) is 11.4 Å². The highest BCUT2D eigenvalue weighted by Gasteiger charge is 2.37. The lowest BCUT2D eigenvalue weighted by Crippen LogP contribution is -2.43. The normalized spacial score (nSPS) is 18.3. The van der Waals surface area contributed by atoms with Crippen LogP contribution in [0.5, 0.6) is 0 Å². The van der Waals surface area contributed by atoms with E-state index < -0.39 is 5.60 Å². The Morgan fingerprint density at radius 1 is 1.33 bits per heavy atom. The fourth-order valence-electron chi connectivity index (χ4n) is 2.28. The molecule has 0 radical (unpaired) electrons. The third-order valence-electron chi connectivity index (χ3n) is 3.22. The quantitative estimate of drug-likeness (QED) is 0.650. The van der Waals surface area contributed by atoms with Crippen LogP contribution in [-0.2, 0) is 15.1 Å². The van der Waals surface area contributed by atoms with Crippen molar-refractivity contribution in [3.8, 4) is 0 Å². The van der Waals surface area contributed by atoms with E-state index in [1.54, 1.807) is 12.1 Å². The van der Waals surface area contributed by atoms with Gasteiger partial charge in [-0.25, -0.2) is 4.39 Å². The predicted molar refractivity (Wildman–Crippen MR) is 70.1 cm³/mol. The predicted octanol–water partition coefficient (Wildman–Crippen LogP) is 1.88. The SMILES string of the molecule is O=C(CS)OC1(c2ccc(F)cc2)CCNCC1. The molecule has 1 saturated heterocycles. The maximum Gasteiger partial charge on any atom is 0.316 e. The average Bonchev–Trinajstić information content (AvgIpc) is 2.40. The monoisotopic (exact) mass is 269 g/mol. The number of nitrogens with one attached hydrogen (secondary N) is 1. The van der Waals surface area contributed by atoms with Crippen LogP contribution in [0.15, 0.2) is 24.3 Å². The van der Waals surface area contributed by atoms with E-state index in [0.717, 1.165) is 18.7 Å². The van der Waals surface area contributed by atoms with Gasteiger partial charge in [0.2, 0.25) is 0 Å². The molecule has 1 aliphatic rings. The van der Waals surface area contributed by atoms with Crippen molar-refractivity contribution >= 4 is 18.6 Å². The number of carbonyl (C=O) groups excluding carboxylic acids is 1. The molecule has 0 spiro atoms. The van der Waals surface area contributed by atoms with Gasteiger partial charge in [-0.3, -0.25) is 4.79 Å². The summed E-state index contributed by atoms with van der Waals surface area (Å²) in [5.41, 5.74) is 0.208. The summed E-state index contributed by atoms with van der Waals surface area (Å²) in [6.45, 7) is 1.55. The molecule has 0 atom stereocenters. The minimum absolute atomic E-state index is 0.0520. The van der Waals surface area contributed by atoms with Crippen molar-refractivity contribution in [3.05, 3.63) is 35.6 Å². The number of benzene rings is 1. The van der Waals surface area contributed by atoms with Crippen LogP contribution in [0.4, 0.5) is 4.39 Å². The highest BCUT2D eigenvalue weighted by molar-refractivity contribution is 7.81. The fraction of sp³-hybridized carbons (Fsp3) is 0.462. The summed E-state index contributed by atoms with van der Waals surface area (Å²) in [5.74, 6) is -0.580. The molecule has 1 aromatic rings. The summed E-state index contributed by atoms with van der Waals surface area (Å²) in [4.78, 5) is 11.5. The second-order valence-corrected chi connectivity index (χ2v) is 4.70. The highest BCUT2D eigenvalue weighted by atomic mass is 32.1. The third-order valence-corrected chi connectivity index (χ3v) is 3.48. The van der Waals surface area contributed by atoms with Gasteiger partial charge in [0.25, 0.3) is 0 Å². The Bertz CT molecular complexity index is 416. The molecule has 0 amide bonds. The second kappa shape index (κ2) is 5.71. The van der Waals surface area contributed by atoms with Crippen LogP contribution in [0.1, 0.15) is 18.4 Å². The largest absolute Gasteiger partial charge is 0.453 e. The third kappa shape index (κ3) is 2.84. The number of hydrogen-bond donors (Lipinski definition) is 2. The zero-order chi connectivity index (χ0) is 13.0. The van der Waals surface area contributed by atoms with Gasteiger partial charge in [0.05, 0.1) is 5.75 Å². The van der Waals surface area contributed by atoms with Crippen LogP contribution in [-0.4, -0.2) is 24.8 Å². The summed E-state index contributed by atoms with van der Waals surface area (Å²) in [6.07, 6.45) is 1.39. The number of rotatable bonds is 3. The molecule has 1 N–H and O–H groups in total. The Balaban J connectivity index is 2.28. The van der Waals surface area contributed by atoms with Crippen LogP contribution in [0.25, 0.3) is 0 Å². The minimum Gasteiger partial charge on any atom is -0.453 e. The Labute approximate surface area is 111 Å². The van der Waals surface area contributed by atoms with E-state index in [-0.39, 0.29) is 17.5 Å². The van der Waals surface area contributed by atoms with Crippen LogP contribution in [0.3, 0.4) is 0 Å². The first-order valence-corrected chi connectivity index (χ1v) is 6.59. The summed E-state index contributed by atoms with van der Waals surface area (Å²) >= 11 is 3.93. The lowest BCUT2D eigenvalue weighted by atomic mass is 9.85. The van der Waals surface area contributed by atoms with E-state index in [0.29, 0.717) is 12.8 Å². The van der Waals surface area contributed by atoms with Crippen LogP contribution in [0.2, 0.25) is 0 Å². The second-order valence-electron chi connectivity index (χ2n) is 4.38. The number of thiol groups is 1. The first-order valence-electron chi connectivity index (χ1n) is 5.96. The summed E-state index contributed by atoms with van der Waals surface area (Å²) in [6, 6.07) is 6.17. The number of esters is 1. The number of piperidine rings is 1. The summed E-state index contributed by atoms with van der Waals surface area (Å²) in [5, 5.41) is 3.23. The van der Waals surface area contributed by atoms with E-state index in [4.69, 9.17) is 4.74 Å². The first kappa shape index (κ1) is 13.4. The Morgan fingerprint density at radius 3 is 2.50 bits per heavy atom. The van der Waals surface area contributed by atoms with Gasteiger partial charge in [0, 0.05) is 12.8 Å². The zero-order valence-electron chi connectivity index (χ0n) is 9.99. The standard InChI is InChI=1S/C13H16FNO2S/c14-11-3-1-10(2-4-11)13(17-12(16)9-18)5-7-15-8-6-13/h1-4,15,18H,5-9H2. The molecule has 1 fully saturated rings. The lowest BCUT2D eigenvalue weighted by Gasteiger charge is -2.37. The molecule has 98 valence electrons. The van der Waals surface area contributed by atoms with Crippen molar-refractivity contribution in [2.75, 3.05) is 18.8 Å². The Kier molecular flexibility index (Phi) is 4.24. The molecular weight excluding hydrogens is 253 g/mol. The van der Waals surface area contributed by atoms with Gasteiger partial charge in [-0.1, -0.05) is 12.1 Å². The number of hydrogen-bond acceptors (Lipinski definition) is 4. The van der Waals surface area contributed by atoms with Crippen molar-refractivity contribution in [1.29, 1.82) is 0 Å². The van der Waals surface area contributed by atoms with Gasteiger partial charge in [-0.2, -0.15) is 12.6 Å². The van der Waals surface area contributed by atoms with Crippen molar-refractivity contribution in [1.82, 2.24) is 5.32 Å². The first-order chi connectivity index (χ1) is 8.66. The van der Waals surface area contributed by atoms with Gasteiger partial charge >= 0.3 is 5.97 Å². The molecule has 0 aliphatic carbocycles. The molecule has 0 aromatic heterocycles. The van der Waals surface area contributed by atoms with Crippen LogP contribution in [0, 0.1) is 5.82 Å². The van der Waals surface area contributed by atoms with Crippen molar-refractivity contribution < 1.29 is 13.9 Å².